The van der Waals surface area contributed by atoms with Gasteiger partial charge in [-0.25, -0.2) is 13.1 Å². The monoisotopic (exact) mass is 457 g/mol. The van der Waals surface area contributed by atoms with Crippen LogP contribution in [0.15, 0.2) is 47.4 Å². The summed E-state index contributed by atoms with van der Waals surface area (Å²) in [5.41, 5.74) is 1.28. The number of carbonyl (C=O) groups excluding carboxylic acids is 2. The van der Waals surface area contributed by atoms with Crippen molar-refractivity contribution in [1.29, 1.82) is 0 Å². The molecule has 0 aliphatic rings. The highest BCUT2D eigenvalue weighted by molar-refractivity contribution is 7.89. The third-order valence-electron chi connectivity index (χ3n) is 4.31. The second-order valence-corrected chi connectivity index (χ2v) is 8.53. The lowest BCUT2D eigenvalue weighted by molar-refractivity contribution is -0.137. The predicted molar refractivity (Wildman–Crippen MR) is 109 cm³/mol. The minimum Gasteiger partial charge on any atom is -0.347 e. The number of alkyl halides is 3. The average Bonchev–Trinajstić information content (AvgIpc) is 2.68. The van der Waals surface area contributed by atoms with E-state index in [1.807, 2.05) is 32.0 Å². The van der Waals surface area contributed by atoms with Gasteiger partial charge in [-0.15, -0.1) is 0 Å². The van der Waals surface area contributed by atoms with Crippen molar-refractivity contribution >= 4 is 27.5 Å². The summed E-state index contributed by atoms with van der Waals surface area (Å²) in [7, 11) is -4.23. The van der Waals surface area contributed by atoms with E-state index in [2.05, 4.69) is 15.4 Å². The predicted octanol–water partition coefficient (Wildman–Crippen LogP) is 2.75. The van der Waals surface area contributed by atoms with Gasteiger partial charge < -0.3 is 10.6 Å². The van der Waals surface area contributed by atoms with Crippen LogP contribution in [0, 0.1) is 13.8 Å². The zero-order chi connectivity index (χ0) is 23.2. The molecule has 0 saturated heterocycles. The van der Waals surface area contributed by atoms with Gasteiger partial charge >= 0.3 is 6.18 Å². The van der Waals surface area contributed by atoms with Crippen molar-refractivity contribution < 1.29 is 31.2 Å². The van der Waals surface area contributed by atoms with Gasteiger partial charge in [0, 0.05) is 18.7 Å². The second kappa shape index (κ2) is 9.92. The highest BCUT2D eigenvalue weighted by Crippen LogP contribution is 2.30. The summed E-state index contributed by atoms with van der Waals surface area (Å²) >= 11 is 0. The summed E-state index contributed by atoms with van der Waals surface area (Å²) in [4.78, 5) is 23.3. The van der Waals surface area contributed by atoms with E-state index in [1.54, 1.807) is 0 Å². The lowest BCUT2D eigenvalue weighted by atomic mass is 10.1. The van der Waals surface area contributed by atoms with Gasteiger partial charge in [-0.2, -0.15) is 13.2 Å². The van der Waals surface area contributed by atoms with Gasteiger partial charge in [-0.05, 0) is 43.2 Å². The molecule has 0 bridgehead atoms. The largest absolute Gasteiger partial charge is 0.416 e. The third-order valence-corrected chi connectivity index (χ3v) is 5.77. The van der Waals surface area contributed by atoms with E-state index in [-0.39, 0.29) is 19.5 Å². The first kappa shape index (κ1) is 24.4. The number of nitrogens with one attached hydrogen (secondary N) is 3. The van der Waals surface area contributed by atoms with E-state index in [1.165, 1.54) is 0 Å². The van der Waals surface area contributed by atoms with Gasteiger partial charge in [-0.1, -0.05) is 24.3 Å². The first-order valence-electron chi connectivity index (χ1n) is 9.20. The lowest BCUT2D eigenvalue weighted by Crippen LogP contribution is -2.35. The van der Waals surface area contributed by atoms with Crippen molar-refractivity contribution in [3.8, 4) is 0 Å². The summed E-state index contributed by atoms with van der Waals surface area (Å²) in [5.74, 6) is -1.04. The molecule has 2 aromatic rings. The van der Waals surface area contributed by atoms with Gasteiger partial charge in [0.05, 0.1) is 17.0 Å². The van der Waals surface area contributed by atoms with Gasteiger partial charge in [0.15, 0.2) is 0 Å². The number of carbonyl (C=O) groups is 2. The highest BCUT2D eigenvalue weighted by Gasteiger charge is 2.31. The fraction of sp³-hybridized carbons (Fsp3) is 0.300. The maximum atomic E-state index is 12.7. The summed E-state index contributed by atoms with van der Waals surface area (Å²) in [5, 5.41) is 5.06. The van der Waals surface area contributed by atoms with E-state index in [9.17, 15) is 31.2 Å². The molecule has 2 rings (SSSR count). The van der Waals surface area contributed by atoms with Crippen LogP contribution in [-0.4, -0.2) is 33.3 Å². The van der Waals surface area contributed by atoms with Crippen molar-refractivity contribution in [2.45, 2.75) is 31.3 Å². The molecule has 2 amide bonds. The summed E-state index contributed by atoms with van der Waals surface area (Å²) in [6.45, 7) is 3.01. The summed E-state index contributed by atoms with van der Waals surface area (Å²) < 4.78 is 64.6. The summed E-state index contributed by atoms with van der Waals surface area (Å²) in [6.07, 6.45) is -4.97. The number of sulfonamides is 1. The Morgan fingerprint density at radius 1 is 0.968 bits per heavy atom. The van der Waals surface area contributed by atoms with Crippen molar-refractivity contribution in [2.75, 3.05) is 18.4 Å². The number of rotatable bonds is 8. The van der Waals surface area contributed by atoms with Crippen LogP contribution < -0.4 is 15.4 Å². The van der Waals surface area contributed by atoms with Crippen LogP contribution in [0.1, 0.15) is 23.1 Å². The third kappa shape index (κ3) is 7.07. The van der Waals surface area contributed by atoms with Crippen molar-refractivity contribution in [1.82, 2.24) is 10.0 Å². The van der Waals surface area contributed by atoms with Crippen LogP contribution in [0.5, 0.6) is 0 Å². The molecule has 2 aromatic carbocycles. The Labute approximate surface area is 178 Å². The number of para-hydroxylation sites is 1. The minimum absolute atomic E-state index is 0.297. The zero-order valence-corrected chi connectivity index (χ0v) is 17.7. The SMILES string of the molecule is Cc1cccc(C)c1NC(=O)CNC(=O)CCNS(=O)(=O)c1cccc(C(F)(F)F)c1. The average molecular weight is 457 g/mol. The standard InChI is InChI=1S/C20H22F3N3O4S/c1-13-5-3-6-14(2)19(13)26-18(28)12-24-17(27)9-10-25-31(29,30)16-8-4-7-15(11-16)20(21,22)23/h3-8,11,25H,9-10,12H2,1-2H3,(H,24,27)(H,26,28). The Morgan fingerprint density at radius 2 is 1.58 bits per heavy atom. The van der Waals surface area contributed by atoms with Gasteiger partial charge in [0.1, 0.15) is 0 Å². The second-order valence-electron chi connectivity index (χ2n) is 6.77. The zero-order valence-electron chi connectivity index (χ0n) is 16.8. The maximum absolute atomic E-state index is 12.7. The summed E-state index contributed by atoms with van der Waals surface area (Å²) in [6, 6.07) is 8.79. The number of hydrogen-bond acceptors (Lipinski definition) is 4. The molecule has 0 spiro atoms. The van der Waals surface area contributed by atoms with Gasteiger partial charge in [0.2, 0.25) is 21.8 Å². The van der Waals surface area contributed by atoms with Gasteiger partial charge in [0.25, 0.3) is 0 Å². The minimum atomic E-state index is -4.68. The smallest absolute Gasteiger partial charge is 0.347 e. The van der Waals surface area contributed by atoms with Crippen molar-refractivity contribution in [3.05, 3.63) is 59.2 Å². The number of amides is 2. The Hall–Kier alpha value is -2.92. The van der Waals surface area contributed by atoms with Crippen LogP contribution in [0.3, 0.4) is 0 Å². The fourth-order valence-corrected chi connectivity index (χ4v) is 3.76. The molecule has 0 unspecified atom stereocenters. The molecule has 3 N–H and O–H groups in total. The Bertz CT molecular complexity index is 1050. The van der Waals surface area contributed by atoms with Crippen LogP contribution in [0.25, 0.3) is 0 Å². The Balaban J connectivity index is 1.83. The van der Waals surface area contributed by atoms with E-state index < -0.39 is 38.5 Å². The normalized spacial score (nSPS) is 11.8. The molecule has 0 aliphatic heterocycles. The lowest BCUT2D eigenvalue weighted by Gasteiger charge is -2.12. The van der Waals surface area contributed by atoms with E-state index in [0.717, 1.165) is 29.3 Å². The van der Waals surface area contributed by atoms with Crippen LogP contribution in [0.4, 0.5) is 18.9 Å². The molecule has 31 heavy (non-hydrogen) atoms. The van der Waals surface area contributed by atoms with Crippen LogP contribution in [-0.2, 0) is 25.8 Å². The maximum Gasteiger partial charge on any atom is 0.416 e. The molecule has 168 valence electrons. The molecule has 0 aliphatic carbocycles. The van der Waals surface area contributed by atoms with Crippen molar-refractivity contribution in [3.63, 3.8) is 0 Å². The molecule has 7 nitrogen and oxygen atoms in total. The highest BCUT2D eigenvalue weighted by atomic mass is 32.2. The number of benzene rings is 2. The fourth-order valence-electron chi connectivity index (χ4n) is 2.68. The van der Waals surface area contributed by atoms with Gasteiger partial charge in [-0.3, -0.25) is 9.59 Å². The molecule has 0 saturated carbocycles. The number of anilines is 1. The van der Waals surface area contributed by atoms with Crippen molar-refractivity contribution in [2.24, 2.45) is 0 Å². The first-order chi connectivity index (χ1) is 14.4. The number of aryl methyl sites for hydroxylation is 2. The van der Waals surface area contributed by atoms with Crippen LogP contribution in [0.2, 0.25) is 0 Å². The molecule has 0 radical (unpaired) electrons. The van der Waals surface area contributed by atoms with Crippen LogP contribution >= 0.6 is 0 Å². The first-order valence-corrected chi connectivity index (χ1v) is 10.7. The van der Waals surface area contributed by atoms with E-state index >= 15 is 0 Å². The molecular formula is C20H22F3N3O4S. The molecule has 11 heteroatoms. The molecule has 0 atom stereocenters. The Morgan fingerprint density at radius 3 is 2.19 bits per heavy atom. The topological polar surface area (TPSA) is 104 Å². The molecular weight excluding hydrogens is 435 g/mol. The Kier molecular flexibility index (Phi) is 7.80. The number of halogens is 3. The quantitative estimate of drug-likeness (QED) is 0.567. The molecule has 0 heterocycles. The van der Waals surface area contributed by atoms with E-state index in [0.29, 0.717) is 11.8 Å². The molecule has 0 fully saturated rings. The number of hydrogen-bond donors (Lipinski definition) is 3. The van der Waals surface area contributed by atoms with E-state index in [4.69, 9.17) is 0 Å². The molecule has 0 aromatic heterocycles.